The Kier molecular flexibility index (Phi) is 4.82. The topological polar surface area (TPSA) is 99.1 Å². The molecule has 2 aliphatic carbocycles. The molecular formula is C15H25N3O3S. The van der Waals surface area contributed by atoms with Crippen LogP contribution in [0.25, 0.3) is 0 Å². The highest BCUT2D eigenvalue weighted by Gasteiger charge is 2.37. The number of sulfone groups is 1. The zero-order valence-electron chi connectivity index (χ0n) is 12.9. The molecule has 0 spiro atoms. The van der Waals surface area contributed by atoms with Crippen molar-refractivity contribution in [1.29, 1.82) is 0 Å². The second-order valence-corrected chi connectivity index (χ2v) is 8.93. The molecule has 124 valence electrons. The Morgan fingerprint density at radius 3 is 2.41 bits per heavy atom. The molecule has 0 aliphatic heterocycles. The lowest BCUT2D eigenvalue weighted by atomic mass is 9.86. The SMILES string of the molecule is NC[C@H](c1nc(CS(=O)(=O)C2CC2)no1)C1CCCCCC1. The van der Waals surface area contributed by atoms with Crippen LogP contribution in [-0.2, 0) is 15.6 Å². The molecule has 1 aromatic heterocycles. The Morgan fingerprint density at radius 2 is 1.82 bits per heavy atom. The van der Waals surface area contributed by atoms with Gasteiger partial charge in [0.25, 0.3) is 0 Å². The number of hydrogen-bond donors (Lipinski definition) is 1. The van der Waals surface area contributed by atoms with Crippen molar-refractivity contribution in [2.45, 2.75) is 68.3 Å². The standard InChI is InChI=1S/C15H25N3O3S/c16-9-13(11-5-3-1-2-4-6-11)15-17-14(18-21-15)10-22(19,20)12-7-8-12/h11-13H,1-10,16H2/t13-/m0/s1. The van der Waals surface area contributed by atoms with E-state index in [4.69, 9.17) is 10.3 Å². The summed E-state index contributed by atoms with van der Waals surface area (Å²) in [5.74, 6) is 1.23. The molecule has 1 atom stereocenters. The van der Waals surface area contributed by atoms with Gasteiger partial charge >= 0.3 is 0 Å². The van der Waals surface area contributed by atoms with Crippen molar-refractivity contribution in [1.82, 2.24) is 10.1 Å². The summed E-state index contributed by atoms with van der Waals surface area (Å²) >= 11 is 0. The van der Waals surface area contributed by atoms with Crippen LogP contribution < -0.4 is 5.73 Å². The van der Waals surface area contributed by atoms with Crippen molar-refractivity contribution in [3.8, 4) is 0 Å². The molecule has 0 aromatic carbocycles. The minimum atomic E-state index is -3.11. The molecule has 2 saturated carbocycles. The summed E-state index contributed by atoms with van der Waals surface area (Å²) in [6.07, 6.45) is 8.81. The van der Waals surface area contributed by atoms with Crippen LogP contribution in [0.2, 0.25) is 0 Å². The lowest BCUT2D eigenvalue weighted by molar-refractivity contribution is 0.287. The number of nitrogens with two attached hydrogens (primary N) is 1. The third kappa shape index (κ3) is 3.68. The minimum Gasteiger partial charge on any atom is -0.339 e. The highest BCUT2D eigenvalue weighted by molar-refractivity contribution is 7.91. The largest absolute Gasteiger partial charge is 0.339 e. The molecule has 3 rings (SSSR count). The van der Waals surface area contributed by atoms with E-state index in [1.807, 2.05) is 0 Å². The maximum absolute atomic E-state index is 12.0. The van der Waals surface area contributed by atoms with Crippen molar-refractivity contribution >= 4 is 9.84 Å². The molecule has 1 heterocycles. The monoisotopic (exact) mass is 327 g/mol. The van der Waals surface area contributed by atoms with Crippen molar-refractivity contribution in [2.24, 2.45) is 11.7 Å². The molecule has 7 heteroatoms. The molecule has 2 N–H and O–H groups in total. The lowest BCUT2D eigenvalue weighted by Gasteiger charge is -2.21. The molecular weight excluding hydrogens is 302 g/mol. The van der Waals surface area contributed by atoms with E-state index in [2.05, 4.69) is 10.1 Å². The molecule has 22 heavy (non-hydrogen) atoms. The Labute approximate surface area is 131 Å². The molecule has 0 unspecified atom stereocenters. The summed E-state index contributed by atoms with van der Waals surface area (Å²) in [5, 5.41) is 3.68. The van der Waals surface area contributed by atoms with Crippen LogP contribution >= 0.6 is 0 Å². The van der Waals surface area contributed by atoms with Gasteiger partial charge in [-0.2, -0.15) is 4.98 Å². The van der Waals surface area contributed by atoms with Crippen LogP contribution in [0.15, 0.2) is 4.52 Å². The van der Waals surface area contributed by atoms with Gasteiger partial charge < -0.3 is 10.3 Å². The molecule has 2 fully saturated rings. The molecule has 0 saturated heterocycles. The van der Waals surface area contributed by atoms with Gasteiger partial charge in [0.2, 0.25) is 5.89 Å². The number of aromatic nitrogens is 2. The van der Waals surface area contributed by atoms with Gasteiger partial charge in [0.15, 0.2) is 15.7 Å². The highest BCUT2D eigenvalue weighted by atomic mass is 32.2. The van der Waals surface area contributed by atoms with E-state index >= 15 is 0 Å². The minimum absolute atomic E-state index is 0.0583. The Hall–Kier alpha value is -0.950. The van der Waals surface area contributed by atoms with Gasteiger partial charge in [-0.1, -0.05) is 30.8 Å². The average molecular weight is 327 g/mol. The predicted octanol–water partition coefficient (Wildman–Crippen LogP) is 2.16. The quantitative estimate of drug-likeness (QED) is 0.804. The van der Waals surface area contributed by atoms with Crippen molar-refractivity contribution in [3.63, 3.8) is 0 Å². The van der Waals surface area contributed by atoms with E-state index in [0.717, 1.165) is 25.7 Å². The Balaban J connectivity index is 1.70. The third-order valence-electron chi connectivity index (χ3n) is 4.89. The number of hydrogen-bond acceptors (Lipinski definition) is 6. The maximum Gasteiger partial charge on any atom is 0.231 e. The fourth-order valence-electron chi connectivity index (χ4n) is 3.41. The van der Waals surface area contributed by atoms with Gasteiger partial charge in [-0.05, 0) is 31.6 Å². The van der Waals surface area contributed by atoms with Crippen LogP contribution in [0.5, 0.6) is 0 Å². The molecule has 6 nitrogen and oxygen atoms in total. The summed E-state index contributed by atoms with van der Waals surface area (Å²) in [5.41, 5.74) is 5.94. The summed E-state index contributed by atoms with van der Waals surface area (Å²) < 4.78 is 29.4. The van der Waals surface area contributed by atoms with Crippen LogP contribution in [0, 0.1) is 5.92 Å². The van der Waals surface area contributed by atoms with Crippen LogP contribution in [0.3, 0.4) is 0 Å². The molecule has 2 aliphatic rings. The second kappa shape index (κ2) is 6.66. The first-order valence-corrected chi connectivity index (χ1v) is 10.1. The van der Waals surface area contributed by atoms with Crippen molar-refractivity contribution < 1.29 is 12.9 Å². The van der Waals surface area contributed by atoms with E-state index in [9.17, 15) is 8.42 Å². The predicted molar refractivity (Wildman–Crippen MR) is 82.9 cm³/mol. The van der Waals surface area contributed by atoms with E-state index < -0.39 is 9.84 Å². The first-order valence-electron chi connectivity index (χ1n) is 8.34. The van der Waals surface area contributed by atoms with Crippen molar-refractivity contribution in [3.05, 3.63) is 11.7 Å². The van der Waals surface area contributed by atoms with Crippen molar-refractivity contribution in [2.75, 3.05) is 6.54 Å². The van der Waals surface area contributed by atoms with Gasteiger partial charge in [0.1, 0.15) is 5.75 Å². The molecule has 0 radical (unpaired) electrons. The lowest BCUT2D eigenvalue weighted by Crippen LogP contribution is -2.22. The van der Waals surface area contributed by atoms with E-state index in [0.29, 0.717) is 18.4 Å². The molecule has 0 amide bonds. The maximum atomic E-state index is 12.0. The number of nitrogens with zero attached hydrogens (tertiary/aromatic N) is 2. The second-order valence-electron chi connectivity index (χ2n) is 6.65. The third-order valence-corrected chi connectivity index (χ3v) is 7.03. The van der Waals surface area contributed by atoms with E-state index in [1.54, 1.807) is 0 Å². The zero-order chi connectivity index (χ0) is 15.6. The van der Waals surface area contributed by atoms with Gasteiger partial charge in [-0.15, -0.1) is 0 Å². The zero-order valence-corrected chi connectivity index (χ0v) is 13.7. The normalized spacial score (nSPS) is 22.4. The summed E-state index contributed by atoms with van der Waals surface area (Å²) in [6.45, 7) is 0.474. The van der Waals surface area contributed by atoms with Crippen LogP contribution in [0.4, 0.5) is 0 Å². The average Bonchev–Trinajstić information content (AvgIpc) is 3.28. The first-order chi connectivity index (χ1) is 10.6. The van der Waals surface area contributed by atoms with Crippen LogP contribution in [-0.4, -0.2) is 30.4 Å². The van der Waals surface area contributed by atoms with Gasteiger partial charge in [-0.3, -0.25) is 0 Å². The summed E-state index contributed by atoms with van der Waals surface area (Å²) in [4.78, 5) is 4.35. The van der Waals surface area contributed by atoms with E-state index in [1.165, 1.54) is 25.7 Å². The van der Waals surface area contributed by atoms with Crippen LogP contribution in [0.1, 0.15) is 69.0 Å². The Morgan fingerprint density at radius 1 is 1.14 bits per heavy atom. The number of rotatable bonds is 6. The van der Waals surface area contributed by atoms with E-state index in [-0.39, 0.29) is 22.7 Å². The van der Waals surface area contributed by atoms with Gasteiger partial charge in [0, 0.05) is 6.54 Å². The first kappa shape index (κ1) is 15.9. The Bertz CT molecular complexity index is 587. The summed E-state index contributed by atoms with van der Waals surface area (Å²) in [6, 6.07) is 0. The smallest absolute Gasteiger partial charge is 0.231 e. The van der Waals surface area contributed by atoms with Gasteiger partial charge in [0.05, 0.1) is 11.2 Å². The highest BCUT2D eigenvalue weighted by Crippen LogP contribution is 2.34. The molecule has 1 aromatic rings. The fraction of sp³-hybridized carbons (Fsp3) is 0.867. The van der Waals surface area contributed by atoms with Gasteiger partial charge in [-0.25, -0.2) is 8.42 Å². The molecule has 0 bridgehead atoms. The summed E-state index contributed by atoms with van der Waals surface area (Å²) in [7, 11) is -3.11. The fourth-order valence-corrected chi connectivity index (χ4v) is 4.98.